The van der Waals surface area contributed by atoms with E-state index in [2.05, 4.69) is 17.2 Å². The first-order valence-corrected chi connectivity index (χ1v) is 7.63. The molecule has 116 valence electrons. The standard InChI is InChI=1S/C18H21FN2O/c1-2-3-7-18(22)21-13-16(17-6-4-5-12-20-17)14-8-10-15(19)11-9-14/h4-6,8-12,16H,2-3,7,13H2,1H3,(H,21,22). The Morgan fingerprint density at radius 2 is 2.00 bits per heavy atom. The highest BCUT2D eigenvalue weighted by atomic mass is 19.1. The van der Waals surface area contributed by atoms with Crippen molar-refractivity contribution in [2.24, 2.45) is 0 Å². The largest absolute Gasteiger partial charge is 0.355 e. The molecule has 0 aliphatic heterocycles. The summed E-state index contributed by atoms with van der Waals surface area (Å²) in [6.07, 6.45) is 4.14. The fourth-order valence-electron chi connectivity index (χ4n) is 2.31. The molecule has 0 aliphatic rings. The monoisotopic (exact) mass is 300 g/mol. The molecule has 1 aromatic heterocycles. The van der Waals surface area contributed by atoms with Gasteiger partial charge in [0.25, 0.3) is 0 Å². The van der Waals surface area contributed by atoms with Crippen molar-refractivity contribution in [3.8, 4) is 0 Å². The van der Waals surface area contributed by atoms with Gasteiger partial charge < -0.3 is 5.32 Å². The number of carbonyl (C=O) groups is 1. The van der Waals surface area contributed by atoms with E-state index in [1.807, 2.05) is 18.2 Å². The molecule has 2 aromatic rings. The predicted octanol–water partition coefficient (Wildman–Crippen LogP) is 3.66. The second-order valence-electron chi connectivity index (χ2n) is 5.27. The van der Waals surface area contributed by atoms with Crippen molar-refractivity contribution in [2.45, 2.75) is 32.1 Å². The molecule has 1 N–H and O–H groups in total. The Morgan fingerprint density at radius 1 is 1.23 bits per heavy atom. The number of nitrogens with zero attached hydrogens (tertiary/aromatic N) is 1. The highest BCUT2D eigenvalue weighted by Crippen LogP contribution is 2.22. The molecule has 0 saturated carbocycles. The van der Waals surface area contributed by atoms with Crippen LogP contribution in [0.3, 0.4) is 0 Å². The molecule has 0 saturated heterocycles. The van der Waals surface area contributed by atoms with Crippen LogP contribution in [0.4, 0.5) is 4.39 Å². The predicted molar refractivity (Wildman–Crippen MR) is 85.0 cm³/mol. The van der Waals surface area contributed by atoms with Crippen LogP contribution in [0.2, 0.25) is 0 Å². The van der Waals surface area contributed by atoms with Crippen molar-refractivity contribution in [1.82, 2.24) is 10.3 Å². The summed E-state index contributed by atoms with van der Waals surface area (Å²) < 4.78 is 13.1. The summed E-state index contributed by atoms with van der Waals surface area (Å²) in [7, 11) is 0. The van der Waals surface area contributed by atoms with Gasteiger partial charge in [-0.15, -0.1) is 0 Å². The van der Waals surface area contributed by atoms with Crippen LogP contribution in [-0.4, -0.2) is 17.4 Å². The first kappa shape index (κ1) is 16.1. The maximum atomic E-state index is 13.1. The molecule has 2 rings (SSSR count). The van der Waals surface area contributed by atoms with Crippen LogP contribution in [0.15, 0.2) is 48.7 Å². The lowest BCUT2D eigenvalue weighted by atomic mass is 9.95. The number of rotatable bonds is 7. The van der Waals surface area contributed by atoms with Crippen LogP contribution in [-0.2, 0) is 4.79 Å². The molecule has 1 heterocycles. The molecule has 1 aromatic carbocycles. The van der Waals surface area contributed by atoms with E-state index in [0.29, 0.717) is 13.0 Å². The van der Waals surface area contributed by atoms with E-state index < -0.39 is 0 Å². The van der Waals surface area contributed by atoms with Crippen molar-refractivity contribution in [3.05, 3.63) is 65.7 Å². The molecular formula is C18H21FN2O. The minimum Gasteiger partial charge on any atom is -0.355 e. The quantitative estimate of drug-likeness (QED) is 0.848. The number of benzene rings is 1. The smallest absolute Gasteiger partial charge is 0.220 e. The van der Waals surface area contributed by atoms with Gasteiger partial charge in [0.1, 0.15) is 5.82 Å². The van der Waals surface area contributed by atoms with Crippen molar-refractivity contribution in [3.63, 3.8) is 0 Å². The van der Waals surface area contributed by atoms with Crippen molar-refractivity contribution in [1.29, 1.82) is 0 Å². The molecule has 0 aliphatic carbocycles. The highest BCUT2D eigenvalue weighted by molar-refractivity contribution is 5.75. The summed E-state index contributed by atoms with van der Waals surface area (Å²) >= 11 is 0. The number of halogens is 1. The molecule has 0 bridgehead atoms. The average Bonchev–Trinajstić information content (AvgIpc) is 2.55. The van der Waals surface area contributed by atoms with Crippen molar-refractivity contribution >= 4 is 5.91 Å². The Bertz CT molecular complexity index is 584. The molecule has 1 atom stereocenters. The summed E-state index contributed by atoms with van der Waals surface area (Å²) in [6.45, 7) is 2.52. The average molecular weight is 300 g/mol. The van der Waals surface area contributed by atoms with Gasteiger partial charge >= 0.3 is 0 Å². The highest BCUT2D eigenvalue weighted by Gasteiger charge is 2.16. The lowest BCUT2D eigenvalue weighted by molar-refractivity contribution is -0.121. The fraction of sp³-hybridized carbons (Fsp3) is 0.333. The van der Waals surface area contributed by atoms with E-state index >= 15 is 0 Å². The first-order valence-electron chi connectivity index (χ1n) is 7.63. The van der Waals surface area contributed by atoms with E-state index in [0.717, 1.165) is 24.1 Å². The van der Waals surface area contributed by atoms with Gasteiger partial charge in [0.2, 0.25) is 5.91 Å². The number of hydrogen-bond donors (Lipinski definition) is 1. The third-order valence-corrected chi connectivity index (χ3v) is 3.58. The van der Waals surface area contributed by atoms with Crippen LogP contribution in [0.1, 0.15) is 43.4 Å². The summed E-state index contributed by atoms with van der Waals surface area (Å²) in [4.78, 5) is 16.2. The molecule has 0 fully saturated rings. The van der Waals surface area contributed by atoms with Gasteiger partial charge in [-0.05, 0) is 36.2 Å². The van der Waals surface area contributed by atoms with Crippen LogP contribution in [0.25, 0.3) is 0 Å². The third kappa shape index (κ3) is 4.65. The molecule has 1 unspecified atom stereocenters. The first-order chi connectivity index (χ1) is 10.7. The molecule has 3 nitrogen and oxygen atoms in total. The number of amides is 1. The molecule has 0 spiro atoms. The van der Waals surface area contributed by atoms with Crippen LogP contribution in [0, 0.1) is 5.82 Å². The van der Waals surface area contributed by atoms with Crippen molar-refractivity contribution < 1.29 is 9.18 Å². The number of aromatic nitrogens is 1. The fourth-order valence-corrected chi connectivity index (χ4v) is 2.31. The van der Waals surface area contributed by atoms with E-state index in [9.17, 15) is 9.18 Å². The van der Waals surface area contributed by atoms with E-state index in [1.54, 1.807) is 18.3 Å². The molecule has 1 amide bonds. The Balaban J connectivity index is 2.12. The van der Waals surface area contributed by atoms with Crippen molar-refractivity contribution in [2.75, 3.05) is 6.54 Å². The van der Waals surface area contributed by atoms with Gasteiger partial charge in [0.05, 0.1) is 0 Å². The zero-order valence-electron chi connectivity index (χ0n) is 12.8. The number of unbranched alkanes of at least 4 members (excludes halogenated alkanes) is 1. The number of nitrogens with one attached hydrogen (secondary N) is 1. The maximum absolute atomic E-state index is 13.1. The summed E-state index contributed by atoms with van der Waals surface area (Å²) in [6, 6.07) is 12.0. The van der Waals surface area contributed by atoms with Crippen LogP contribution >= 0.6 is 0 Å². The Kier molecular flexibility index (Phi) is 6.07. The zero-order valence-corrected chi connectivity index (χ0v) is 12.8. The SMILES string of the molecule is CCCCC(=O)NCC(c1ccc(F)cc1)c1ccccn1. The maximum Gasteiger partial charge on any atom is 0.220 e. The van der Waals surface area contributed by atoms with Crippen LogP contribution < -0.4 is 5.32 Å². The van der Waals surface area contributed by atoms with Gasteiger partial charge in [0.15, 0.2) is 0 Å². The van der Waals surface area contributed by atoms with E-state index in [4.69, 9.17) is 0 Å². The van der Waals surface area contributed by atoms with Gasteiger partial charge in [-0.2, -0.15) is 0 Å². The summed E-state index contributed by atoms with van der Waals surface area (Å²) in [5.74, 6) is -0.298. The zero-order chi connectivity index (χ0) is 15.8. The summed E-state index contributed by atoms with van der Waals surface area (Å²) in [5, 5.41) is 2.96. The number of carbonyl (C=O) groups excluding carboxylic acids is 1. The second kappa shape index (κ2) is 8.27. The minimum atomic E-state index is -0.268. The second-order valence-corrected chi connectivity index (χ2v) is 5.27. The molecular weight excluding hydrogens is 279 g/mol. The van der Waals surface area contributed by atoms with Gasteiger partial charge in [-0.3, -0.25) is 9.78 Å². The topological polar surface area (TPSA) is 42.0 Å². The number of pyridine rings is 1. The third-order valence-electron chi connectivity index (χ3n) is 3.58. The van der Waals surface area contributed by atoms with Gasteiger partial charge in [-0.1, -0.05) is 31.5 Å². The Morgan fingerprint density at radius 3 is 2.64 bits per heavy atom. The van der Waals surface area contributed by atoms with Gasteiger partial charge in [0, 0.05) is 30.8 Å². The number of hydrogen-bond acceptors (Lipinski definition) is 2. The lowest BCUT2D eigenvalue weighted by Gasteiger charge is -2.18. The normalized spacial score (nSPS) is 11.9. The Hall–Kier alpha value is -2.23. The van der Waals surface area contributed by atoms with Crippen LogP contribution in [0.5, 0.6) is 0 Å². The molecule has 4 heteroatoms. The summed E-state index contributed by atoms with van der Waals surface area (Å²) in [5.41, 5.74) is 1.81. The molecule has 0 radical (unpaired) electrons. The van der Waals surface area contributed by atoms with E-state index in [-0.39, 0.29) is 17.6 Å². The van der Waals surface area contributed by atoms with E-state index in [1.165, 1.54) is 12.1 Å². The van der Waals surface area contributed by atoms with Gasteiger partial charge in [-0.25, -0.2) is 4.39 Å². The molecule has 22 heavy (non-hydrogen) atoms. The Labute approximate surface area is 130 Å². The lowest BCUT2D eigenvalue weighted by Crippen LogP contribution is -2.29. The minimum absolute atomic E-state index is 0.0462.